The van der Waals surface area contributed by atoms with E-state index in [2.05, 4.69) is 0 Å². The van der Waals surface area contributed by atoms with Crippen LogP contribution in [0, 0.1) is 11.6 Å². The molecule has 32 heavy (non-hydrogen) atoms. The van der Waals surface area contributed by atoms with Crippen molar-refractivity contribution in [2.75, 3.05) is 0 Å². The topological polar surface area (TPSA) is 72.4 Å². The molecule has 1 N–H and O–H groups in total. The van der Waals surface area contributed by atoms with Crippen LogP contribution in [0.15, 0.2) is 96.6 Å². The Balaban J connectivity index is 1.86. The van der Waals surface area contributed by atoms with Crippen LogP contribution in [0.1, 0.15) is 0 Å². The first kappa shape index (κ1) is 20.0. The Bertz CT molecular complexity index is 1630. The van der Waals surface area contributed by atoms with E-state index in [4.69, 9.17) is 4.42 Å². The Morgan fingerprint density at radius 3 is 2.38 bits per heavy atom. The first-order chi connectivity index (χ1) is 15.5. The summed E-state index contributed by atoms with van der Waals surface area (Å²) < 4.78 is 34.2. The van der Waals surface area contributed by atoms with Crippen molar-refractivity contribution in [3.05, 3.63) is 105 Å². The van der Waals surface area contributed by atoms with E-state index in [0.29, 0.717) is 34.4 Å². The average molecular weight is 449 g/mol. The predicted octanol–water partition coefficient (Wildman–Crippen LogP) is 5.23. The first-order valence-electron chi connectivity index (χ1n) is 9.47. The van der Waals surface area contributed by atoms with Crippen molar-refractivity contribution in [1.82, 2.24) is 4.57 Å². The molecule has 0 unspecified atom stereocenters. The van der Waals surface area contributed by atoms with Gasteiger partial charge in [0.15, 0.2) is 11.3 Å². The molecule has 0 fully saturated rings. The van der Waals surface area contributed by atoms with Crippen LogP contribution in [0.3, 0.4) is 0 Å². The van der Waals surface area contributed by atoms with E-state index < -0.39 is 28.6 Å². The fourth-order valence-electron chi connectivity index (χ4n) is 3.57. The third kappa shape index (κ3) is 3.16. The summed E-state index contributed by atoms with van der Waals surface area (Å²) in [5.41, 5.74) is -0.564. The molecule has 5 nitrogen and oxygen atoms in total. The van der Waals surface area contributed by atoms with Crippen LogP contribution in [0.25, 0.3) is 27.6 Å². The fraction of sp³-hybridized carbons (Fsp3) is 0. The minimum Gasteiger partial charge on any atom is -0.505 e. The highest BCUT2D eigenvalue weighted by molar-refractivity contribution is 7.99. The van der Waals surface area contributed by atoms with Crippen LogP contribution in [0.4, 0.5) is 8.78 Å². The molecule has 0 spiro atoms. The summed E-state index contributed by atoms with van der Waals surface area (Å²) >= 11 is 0.561. The number of nitrogens with zero attached hydrogens (tertiary/aromatic N) is 1. The van der Waals surface area contributed by atoms with Crippen molar-refractivity contribution >= 4 is 33.6 Å². The summed E-state index contributed by atoms with van der Waals surface area (Å²) in [5, 5.41) is 11.2. The highest BCUT2D eigenvalue weighted by Crippen LogP contribution is 2.38. The van der Waals surface area contributed by atoms with Crippen LogP contribution < -0.4 is 11.2 Å². The van der Waals surface area contributed by atoms with E-state index in [9.17, 15) is 23.5 Å². The van der Waals surface area contributed by atoms with Gasteiger partial charge >= 0.3 is 5.63 Å². The molecule has 0 bridgehead atoms. The number of hydrogen-bond acceptors (Lipinski definition) is 5. The van der Waals surface area contributed by atoms with Crippen molar-refractivity contribution < 1.29 is 18.3 Å². The van der Waals surface area contributed by atoms with Gasteiger partial charge in [0.1, 0.15) is 21.9 Å². The largest absolute Gasteiger partial charge is 0.505 e. The number of rotatable bonds is 3. The third-order valence-corrected chi connectivity index (χ3v) is 6.10. The number of benzene rings is 3. The maximum Gasteiger partial charge on any atom is 0.354 e. The molecule has 0 aliphatic carbocycles. The SMILES string of the molecule is O=c1oc2c(c(O)c1Sc1ccc(F)cc1F)c(=O)n(-c1ccccc1)c1ccccc21. The lowest BCUT2D eigenvalue weighted by Crippen LogP contribution is -2.20. The van der Waals surface area contributed by atoms with Crippen LogP contribution in [0.2, 0.25) is 0 Å². The lowest BCUT2D eigenvalue weighted by atomic mass is 10.1. The Morgan fingerprint density at radius 1 is 0.906 bits per heavy atom. The highest BCUT2D eigenvalue weighted by atomic mass is 32.2. The van der Waals surface area contributed by atoms with Crippen molar-refractivity contribution in [1.29, 1.82) is 0 Å². The predicted molar refractivity (Wildman–Crippen MR) is 118 cm³/mol. The van der Waals surface area contributed by atoms with Gasteiger partial charge in [-0.25, -0.2) is 13.6 Å². The molecule has 0 saturated heterocycles. The molecular weight excluding hydrogens is 436 g/mol. The molecule has 3 aromatic carbocycles. The lowest BCUT2D eigenvalue weighted by molar-refractivity contribution is 0.447. The zero-order valence-electron chi connectivity index (χ0n) is 16.2. The molecule has 5 rings (SSSR count). The monoisotopic (exact) mass is 449 g/mol. The maximum atomic E-state index is 14.1. The summed E-state index contributed by atoms with van der Waals surface area (Å²) in [4.78, 5) is 25.7. The minimum absolute atomic E-state index is 0.0655. The van der Waals surface area contributed by atoms with Gasteiger partial charge in [0.25, 0.3) is 5.56 Å². The van der Waals surface area contributed by atoms with E-state index in [1.807, 2.05) is 0 Å². The van der Waals surface area contributed by atoms with Gasteiger partial charge in [0.2, 0.25) is 0 Å². The van der Waals surface area contributed by atoms with E-state index in [0.717, 1.165) is 12.1 Å². The average Bonchev–Trinajstić information content (AvgIpc) is 2.78. The van der Waals surface area contributed by atoms with Gasteiger partial charge in [-0.2, -0.15) is 0 Å². The number of aromatic hydroxyl groups is 1. The second kappa shape index (κ2) is 7.65. The van der Waals surface area contributed by atoms with Gasteiger partial charge in [0.05, 0.1) is 5.52 Å². The number of pyridine rings is 1. The van der Waals surface area contributed by atoms with Crippen molar-refractivity contribution in [2.45, 2.75) is 9.79 Å². The zero-order chi connectivity index (χ0) is 22.4. The van der Waals surface area contributed by atoms with Gasteiger partial charge in [-0.05, 0) is 36.4 Å². The van der Waals surface area contributed by atoms with Gasteiger partial charge in [0, 0.05) is 22.0 Å². The molecule has 0 radical (unpaired) electrons. The Labute approximate surface area is 183 Å². The molecule has 0 amide bonds. The van der Waals surface area contributed by atoms with Gasteiger partial charge < -0.3 is 9.52 Å². The summed E-state index contributed by atoms with van der Waals surface area (Å²) in [6.45, 7) is 0. The van der Waals surface area contributed by atoms with Crippen LogP contribution in [0.5, 0.6) is 5.75 Å². The molecule has 158 valence electrons. The molecule has 0 aliphatic heterocycles. The minimum atomic E-state index is -0.939. The molecule has 0 saturated carbocycles. The number of hydrogen-bond donors (Lipinski definition) is 1. The lowest BCUT2D eigenvalue weighted by Gasteiger charge is -2.14. The quantitative estimate of drug-likeness (QED) is 0.382. The second-order valence-electron chi connectivity index (χ2n) is 6.94. The van der Waals surface area contributed by atoms with Crippen molar-refractivity contribution in [3.8, 4) is 11.4 Å². The Kier molecular flexibility index (Phi) is 4.79. The van der Waals surface area contributed by atoms with E-state index in [1.165, 1.54) is 4.57 Å². The molecule has 2 aromatic heterocycles. The maximum absolute atomic E-state index is 14.1. The van der Waals surface area contributed by atoms with Crippen LogP contribution in [-0.4, -0.2) is 9.67 Å². The highest BCUT2D eigenvalue weighted by Gasteiger charge is 2.23. The smallest absolute Gasteiger partial charge is 0.354 e. The molecule has 5 aromatic rings. The first-order valence-corrected chi connectivity index (χ1v) is 10.3. The number of para-hydroxylation sites is 2. The Morgan fingerprint density at radius 2 is 1.62 bits per heavy atom. The second-order valence-corrected chi connectivity index (χ2v) is 7.99. The number of aromatic nitrogens is 1. The molecular formula is C24H13F2NO4S. The Hall–Kier alpha value is -3.91. The van der Waals surface area contributed by atoms with Gasteiger partial charge in [-0.15, -0.1) is 0 Å². The summed E-state index contributed by atoms with van der Waals surface area (Å²) in [6, 6.07) is 18.5. The number of fused-ring (bicyclic) bond motifs is 3. The fourth-order valence-corrected chi connectivity index (χ4v) is 4.41. The number of halogens is 2. The zero-order valence-corrected chi connectivity index (χ0v) is 17.0. The standard InChI is InChI=1S/C24H13F2NO4S/c25-13-10-11-18(16(26)12-13)32-22-20(28)19-21(31-24(22)30)15-8-4-5-9-17(15)27(23(19)29)14-6-2-1-3-7-14/h1-12,28H. The van der Waals surface area contributed by atoms with E-state index in [1.54, 1.807) is 54.6 Å². The van der Waals surface area contributed by atoms with E-state index >= 15 is 0 Å². The van der Waals surface area contributed by atoms with Crippen LogP contribution >= 0.6 is 11.8 Å². The van der Waals surface area contributed by atoms with Crippen LogP contribution in [-0.2, 0) is 0 Å². The summed E-state index contributed by atoms with van der Waals surface area (Å²) in [6.07, 6.45) is 0. The summed E-state index contributed by atoms with van der Waals surface area (Å²) in [5.74, 6) is -2.31. The van der Waals surface area contributed by atoms with Crippen molar-refractivity contribution in [3.63, 3.8) is 0 Å². The van der Waals surface area contributed by atoms with Gasteiger partial charge in [-0.1, -0.05) is 42.1 Å². The summed E-state index contributed by atoms with van der Waals surface area (Å²) in [7, 11) is 0. The van der Waals surface area contributed by atoms with Gasteiger partial charge in [-0.3, -0.25) is 9.36 Å². The molecule has 0 aliphatic rings. The molecule has 8 heteroatoms. The normalized spacial score (nSPS) is 11.3. The van der Waals surface area contributed by atoms with E-state index in [-0.39, 0.29) is 20.8 Å². The third-order valence-electron chi connectivity index (χ3n) is 4.99. The molecule has 2 heterocycles. The molecule has 0 atom stereocenters. The van der Waals surface area contributed by atoms with Crippen molar-refractivity contribution in [2.24, 2.45) is 0 Å².